The minimum absolute atomic E-state index is 0.0583. The van der Waals surface area contributed by atoms with Gasteiger partial charge in [-0.3, -0.25) is 0 Å². The highest BCUT2D eigenvalue weighted by atomic mass is 19.3. The van der Waals surface area contributed by atoms with Crippen LogP contribution in [0.15, 0.2) is 18.5 Å². The summed E-state index contributed by atoms with van der Waals surface area (Å²) in [5, 5.41) is 13.4. The highest BCUT2D eigenvalue weighted by Crippen LogP contribution is 2.29. The van der Waals surface area contributed by atoms with Crippen LogP contribution in [0, 0.1) is 0 Å². The number of anilines is 3. The van der Waals surface area contributed by atoms with Crippen molar-refractivity contribution in [3.63, 3.8) is 0 Å². The number of aromatic nitrogens is 4. The molecule has 2 saturated heterocycles. The van der Waals surface area contributed by atoms with Crippen molar-refractivity contribution in [3.05, 3.63) is 18.5 Å². The van der Waals surface area contributed by atoms with Crippen molar-refractivity contribution in [1.82, 2.24) is 24.8 Å². The molecule has 2 aromatic rings. The van der Waals surface area contributed by atoms with Crippen molar-refractivity contribution >= 4 is 23.8 Å². The number of carbonyl (C=O) groups excluding carboxylic acids is 1. The van der Waals surface area contributed by atoms with Crippen molar-refractivity contribution in [2.75, 3.05) is 68.6 Å². The molecule has 0 unspecified atom stereocenters. The van der Waals surface area contributed by atoms with Gasteiger partial charge in [0.05, 0.1) is 31.1 Å². The molecule has 1 atom stereocenters. The SMILES string of the molecule is Nc1ncc(-c2cc(N[C@@]3(CO)CCN(C(=O)OCC(F)F)C3)nc(N3CCOCC3)n2)cn1. The van der Waals surface area contributed by atoms with Gasteiger partial charge in [-0.25, -0.2) is 28.5 Å². The number of alkyl halides is 2. The lowest BCUT2D eigenvalue weighted by atomic mass is 10.00. The van der Waals surface area contributed by atoms with Crippen LogP contribution in [0.5, 0.6) is 0 Å². The molecule has 2 aliphatic rings. The number of likely N-dealkylation sites (tertiary alicyclic amines) is 1. The number of amides is 1. The predicted molar refractivity (Wildman–Crippen MR) is 117 cm³/mol. The van der Waals surface area contributed by atoms with Gasteiger partial charge in [0.2, 0.25) is 11.9 Å². The number of halogens is 2. The Kier molecular flexibility index (Phi) is 7.17. The third-order valence-electron chi connectivity index (χ3n) is 5.62. The lowest BCUT2D eigenvalue weighted by Crippen LogP contribution is -2.46. The van der Waals surface area contributed by atoms with Crippen LogP contribution in [0.3, 0.4) is 0 Å². The average molecular weight is 480 g/mol. The molecule has 1 amide bonds. The van der Waals surface area contributed by atoms with Crippen molar-refractivity contribution in [2.45, 2.75) is 18.4 Å². The molecule has 0 aromatic carbocycles. The molecule has 4 heterocycles. The normalized spacial score (nSPS) is 20.6. The summed E-state index contributed by atoms with van der Waals surface area (Å²) in [4.78, 5) is 32.7. The number of hydrogen-bond donors (Lipinski definition) is 3. The number of nitrogens with zero attached hydrogens (tertiary/aromatic N) is 6. The number of nitrogens with one attached hydrogen (secondary N) is 1. The van der Waals surface area contributed by atoms with E-state index < -0.39 is 24.7 Å². The largest absolute Gasteiger partial charge is 0.443 e. The van der Waals surface area contributed by atoms with Crippen LogP contribution in [-0.4, -0.2) is 101 Å². The Morgan fingerprint density at radius 2 is 2.00 bits per heavy atom. The molecule has 2 aromatic heterocycles. The summed E-state index contributed by atoms with van der Waals surface area (Å²) in [5.74, 6) is 1.01. The fourth-order valence-corrected chi connectivity index (χ4v) is 3.82. The van der Waals surface area contributed by atoms with E-state index in [2.05, 4.69) is 30.0 Å². The molecule has 14 heteroatoms. The van der Waals surface area contributed by atoms with Crippen LogP contribution < -0.4 is 16.0 Å². The second-order valence-corrected chi connectivity index (χ2v) is 8.07. The summed E-state index contributed by atoms with van der Waals surface area (Å²) >= 11 is 0. The average Bonchev–Trinajstić information content (AvgIpc) is 3.28. The van der Waals surface area contributed by atoms with E-state index in [9.17, 15) is 18.7 Å². The molecule has 0 bridgehead atoms. The molecule has 0 radical (unpaired) electrons. The van der Waals surface area contributed by atoms with E-state index in [0.717, 1.165) is 0 Å². The number of aliphatic hydroxyl groups is 1. The number of nitrogens with two attached hydrogens (primary N) is 1. The number of nitrogen functional groups attached to an aromatic ring is 1. The zero-order chi connectivity index (χ0) is 24.1. The van der Waals surface area contributed by atoms with Crippen LogP contribution in [0.2, 0.25) is 0 Å². The first-order valence-corrected chi connectivity index (χ1v) is 10.8. The quantitative estimate of drug-likeness (QED) is 0.511. The Balaban J connectivity index is 1.58. The molecule has 2 aliphatic heterocycles. The fourth-order valence-electron chi connectivity index (χ4n) is 3.82. The summed E-state index contributed by atoms with van der Waals surface area (Å²) in [7, 11) is 0. The Morgan fingerprint density at radius 1 is 1.26 bits per heavy atom. The Bertz CT molecular complexity index is 993. The van der Waals surface area contributed by atoms with Crippen molar-refractivity contribution in [3.8, 4) is 11.3 Å². The smallest absolute Gasteiger partial charge is 0.410 e. The Morgan fingerprint density at radius 3 is 2.68 bits per heavy atom. The second kappa shape index (κ2) is 10.3. The van der Waals surface area contributed by atoms with E-state index >= 15 is 0 Å². The van der Waals surface area contributed by atoms with Gasteiger partial charge in [0.15, 0.2) is 6.61 Å². The highest BCUT2D eigenvalue weighted by Gasteiger charge is 2.41. The molecule has 0 aliphatic carbocycles. The summed E-state index contributed by atoms with van der Waals surface area (Å²) in [5.41, 5.74) is 5.83. The van der Waals surface area contributed by atoms with Crippen LogP contribution in [0.1, 0.15) is 6.42 Å². The molecule has 184 valence electrons. The van der Waals surface area contributed by atoms with Crippen LogP contribution in [0.25, 0.3) is 11.3 Å². The minimum atomic E-state index is -2.75. The summed E-state index contributed by atoms with van der Waals surface area (Å²) in [6.45, 7) is 1.29. The van der Waals surface area contributed by atoms with Gasteiger partial charge >= 0.3 is 6.09 Å². The minimum Gasteiger partial charge on any atom is -0.443 e. The monoisotopic (exact) mass is 480 g/mol. The van der Waals surface area contributed by atoms with E-state index in [-0.39, 0.29) is 25.6 Å². The first-order chi connectivity index (χ1) is 16.4. The van der Waals surface area contributed by atoms with Crippen LogP contribution in [0.4, 0.5) is 31.3 Å². The van der Waals surface area contributed by atoms with E-state index in [1.54, 1.807) is 18.5 Å². The van der Waals surface area contributed by atoms with E-state index in [1.807, 2.05) is 4.90 Å². The standard InChI is InChI=1S/C20H26F2N8O4/c21-15(22)10-34-19(32)30-2-1-20(11-30,12-31)28-16-7-14(13-8-24-17(23)25-9-13)26-18(27-16)29-3-5-33-6-4-29/h7-9,15,31H,1-6,10-12H2,(H2,23,24,25)(H,26,27,28)/t20-/m0/s1. The molecule has 0 saturated carbocycles. The van der Waals surface area contributed by atoms with Crippen LogP contribution in [-0.2, 0) is 9.47 Å². The van der Waals surface area contributed by atoms with Gasteiger partial charge in [0.25, 0.3) is 6.43 Å². The lowest BCUT2D eigenvalue weighted by Gasteiger charge is -2.31. The topological polar surface area (TPSA) is 152 Å². The van der Waals surface area contributed by atoms with Gasteiger partial charge in [-0.1, -0.05) is 0 Å². The predicted octanol–water partition coefficient (Wildman–Crippen LogP) is 0.603. The van der Waals surface area contributed by atoms with Gasteiger partial charge in [-0.05, 0) is 6.42 Å². The molecule has 2 fully saturated rings. The van der Waals surface area contributed by atoms with Gasteiger partial charge in [-0.2, -0.15) is 4.98 Å². The zero-order valence-corrected chi connectivity index (χ0v) is 18.4. The summed E-state index contributed by atoms with van der Waals surface area (Å²) < 4.78 is 34.8. The summed E-state index contributed by atoms with van der Waals surface area (Å²) in [6, 6.07) is 1.69. The Hall–Kier alpha value is -3.39. The maximum absolute atomic E-state index is 12.4. The molecular weight excluding hydrogens is 454 g/mol. The van der Waals surface area contributed by atoms with Gasteiger partial charge in [0, 0.05) is 50.2 Å². The van der Waals surface area contributed by atoms with Gasteiger partial charge in [-0.15, -0.1) is 0 Å². The first kappa shape index (κ1) is 23.8. The van der Waals surface area contributed by atoms with E-state index in [0.29, 0.717) is 55.7 Å². The third kappa shape index (κ3) is 5.56. The molecule has 4 rings (SSSR count). The van der Waals surface area contributed by atoms with Gasteiger partial charge < -0.3 is 35.4 Å². The number of hydrogen-bond acceptors (Lipinski definition) is 11. The summed E-state index contributed by atoms with van der Waals surface area (Å²) in [6.07, 6.45) is -0.132. The van der Waals surface area contributed by atoms with Gasteiger partial charge in [0.1, 0.15) is 5.82 Å². The fraction of sp³-hybridized carbons (Fsp3) is 0.550. The molecule has 12 nitrogen and oxygen atoms in total. The number of rotatable bonds is 7. The van der Waals surface area contributed by atoms with E-state index in [4.69, 9.17) is 10.5 Å². The number of ether oxygens (including phenoxy) is 2. The molecule has 0 spiro atoms. The second-order valence-electron chi connectivity index (χ2n) is 8.07. The van der Waals surface area contributed by atoms with Crippen molar-refractivity contribution in [1.29, 1.82) is 0 Å². The number of carbonyl (C=O) groups is 1. The first-order valence-electron chi connectivity index (χ1n) is 10.8. The number of morpholine rings is 1. The van der Waals surface area contributed by atoms with E-state index in [1.165, 1.54) is 4.90 Å². The number of aliphatic hydroxyl groups excluding tert-OH is 1. The maximum Gasteiger partial charge on any atom is 0.410 e. The highest BCUT2D eigenvalue weighted by molar-refractivity contribution is 5.69. The van der Waals surface area contributed by atoms with Crippen molar-refractivity contribution < 1.29 is 28.2 Å². The zero-order valence-electron chi connectivity index (χ0n) is 18.4. The van der Waals surface area contributed by atoms with Crippen LogP contribution >= 0.6 is 0 Å². The molecular formula is C20H26F2N8O4. The van der Waals surface area contributed by atoms with Crippen molar-refractivity contribution in [2.24, 2.45) is 0 Å². The molecule has 4 N–H and O–H groups in total. The molecule has 34 heavy (non-hydrogen) atoms. The maximum atomic E-state index is 12.4. The Labute approximate surface area is 194 Å². The lowest BCUT2D eigenvalue weighted by molar-refractivity contribution is 0.0339. The third-order valence-corrected chi connectivity index (χ3v) is 5.62.